The van der Waals surface area contributed by atoms with E-state index < -0.39 is 7.60 Å². The van der Waals surface area contributed by atoms with E-state index in [1.165, 1.54) is 0 Å². The first-order valence-electron chi connectivity index (χ1n) is 7.41. The van der Waals surface area contributed by atoms with Gasteiger partial charge in [0.1, 0.15) is 0 Å². The Morgan fingerprint density at radius 3 is 2.09 bits per heavy atom. The van der Waals surface area contributed by atoms with Crippen LogP contribution in [0.1, 0.15) is 25.0 Å². The van der Waals surface area contributed by atoms with Crippen LogP contribution in [0.2, 0.25) is 0 Å². The van der Waals surface area contributed by atoms with E-state index in [1.807, 2.05) is 74.5 Å². The van der Waals surface area contributed by atoms with E-state index in [-0.39, 0.29) is 0 Å². The molecule has 2 aromatic rings. The van der Waals surface area contributed by atoms with Crippen LogP contribution in [0.15, 0.2) is 54.6 Å². The third-order valence-electron chi connectivity index (χ3n) is 3.08. The van der Waals surface area contributed by atoms with Crippen molar-refractivity contribution in [2.75, 3.05) is 13.2 Å². The first-order valence-corrected chi connectivity index (χ1v) is 8.95. The van der Waals surface area contributed by atoms with Crippen LogP contribution in [0.4, 0.5) is 0 Å². The molecule has 0 N–H and O–H groups in total. The maximum atomic E-state index is 13.0. The first-order chi connectivity index (χ1) is 10.7. The van der Waals surface area contributed by atoms with E-state index >= 15 is 0 Å². The molecular weight excluding hydrogens is 295 g/mol. The molecule has 2 rings (SSSR count). The lowest BCUT2D eigenvalue weighted by Gasteiger charge is -2.18. The summed E-state index contributed by atoms with van der Waals surface area (Å²) in [6.45, 7) is 4.31. The van der Waals surface area contributed by atoms with Gasteiger partial charge in [-0.15, -0.1) is 0 Å². The van der Waals surface area contributed by atoms with E-state index in [2.05, 4.69) is 0 Å². The number of hydrogen-bond acceptors (Lipinski definition) is 3. The van der Waals surface area contributed by atoms with Crippen molar-refractivity contribution >= 4 is 25.1 Å². The standard InChI is InChI=1S/C18H21O3P/c1-3-20-22(19,21-4-2)18-13-9-8-12-17(18)15-14-16-10-6-5-7-11-16/h5-15H,3-4H2,1-2H3/b15-14+. The minimum atomic E-state index is -3.28. The van der Waals surface area contributed by atoms with E-state index in [0.717, 1.165) is 11.1 Å². The van der Waals surface area contributed by atoms with E-state index in [1.54, 1.807) is 6.07 Å². The molecule has 116 valence electrons. The second-order valence-corrected chi connectivity index (χ2v) is 6.63. The maximum absolute atomic E-state index is 13.0. The lowest BCUT2D eigenvalue weighted by Crippen LogP contribution is -2.13. The molecule has 0 aliphatic carbocycles. The number of benzene rings is 2. The van der Waals surface area contributed by atoms with Gasteiger partial charge >= 0.3 is 7.60 Å². The average molecular weight is 316 g/mol. The molecule has 0 heterocycles. The quantitative estimate of drug-likeness (QED) is 0.546. The van der Waals surface area contributed by atoms with Crippen LogP contribution in [0.5, 0.6) is 0 Å². The first kappa shape index (κ1) is 16.7. The van der Waals surface area contributed by atoms with Gasteiger partial charge in [-0.3, -0.25) is 4.57 Å². The maximum Gasteiger partial charge on any atom is 0.361 e. The summed E-state index contributed by atoms with van der Waals surface area (Å²) in [4.78, 5) is 0. The van der Waals surface area contributed by atoms with Crippen LogP contribution >= 0.6 is 7.60 Å². The molecule has 0 amide bonds. The molecule has 0 bridgehead atoms. The molecular formula is C18H21O3P. The van der Waals surface area contributed by atoms with Gasteiger partial charge in [-0.2, -0.15) is 0 Å². The lowest BCUT2D eigenvalue weighted by atomic mass is 10.1. The second-order valence-electron chi connectivity index (χ2n) is 4.64. The summed E-state index contributed by atoms with van der Waals surface area (Å²) in [6, 6.07) is 17.5. The lowest BCUT2D eigenvalue weighted by molar-refractivity contribution is 0.230. The minimum absolute atomic E-state index is 0.341. The summed E-state index contributed by atoms with van der Waals surface area (Å²) < 4.78 is 23.9. The molecule has 3 nitrogen and oxygen atoms in total. The molecule has 0 spiro atoms. The van der Waals surface area contributed by atoms with Crippen LogP contribution in [0.3, 0.4) is 0 Å². The summed E-state index contributed by atoms with van der Waals surface area (Å²) >= 11 is 0. The molecule has 0 fully saturated rings. The van der Waals surface area contributed by atoms with Gasteiger partial charge in [0.2, 0.25) is 0 Å². The van der Waals surface area contributed by atoms with Crippen LogP contribution in [-0.2, 0) is 13.6 Å². The number of rotatable bonds is 7. The Morgan fingerprint density at radius 1 is 0.864 bits per heavy atom. The molecule has 0 saturated carbocycles. The molecule has 0 atom stereocenters. The van der Waals surface area contributed by atoms with Crippen molar-refractivity contribution in [2.24, 2.45) is 0 Å². The molecule has 22 heavy (non-hydrogen) atoms. The van der Waals surface area contributed by atoms with Crippen LogP contribution < -0.4 is 5.30 Å². The van der Waals surface area contributed by atoms with Gasteiger partial charge in [0.25, 0.3) is 0 Å². The zero-order chi connectivity index (χ0) is 15.8. The smallest absolute Gasteiger partial charge is 0.305 e. The van der Waals surface area contributed by atoms with Gasteiger partial charge in [-0.25, -0.2) is 0 Å². The Labute approximate surface area is 132 Å². The normalized spacial score (nSPS) is 11.9. The molecule has 0 saturated heterocycles. The van der Waals surface area contributed by atoms with Crippen molar-refractivity contribution in [3.05, 3.63) is 65.7 Å². The topological polar surface area (TPSA) is 35.5 Å². The molecule has 4 heteroatoms. The second kappa shape index (κ2) is 8.09. The fourth-order valence-corrected chi connectivity index (χ4v) is 3.91. The van der Waals surface area contributed by atoms with Crippen LogP contribution in [-0.4, -0.2) is 13.2 Å². The fourth-order valence-electron chi connectivity index (χ4n) is 2.14. The fraction of sp³-hybridized carbons (Fsp3) is 0.222. The van der Waals surface area contributed by atoms with Crippen molar-refractivity contribution in [3.8, 4) is 0 Å². The highest BCUT2D eigenvalue weighted by Crippen LogP contribution is 2.47. The number of hydrogen-bond donors (Lipinski definition) is 0. The van der Waals surface area contributed by atoms with Gasteiger partial charge in [0.05, 0.1) is 18.5 Å². The Kier molecular flexibility index (Phi) is 6.14. The predicted octanol–water partition coefficient (Wildman–Crippen LogP) is 4.75. The van der Waals surface area contributed by atoms with Gasteiger partial charge in [-0.1, -0.05) is 60.7 Å². The Morgan fingerprint density at radius 2 is 1.45 bits per heavy atom. The zero-order valence-corrected chi connectivity index (χ0v) is 13.8. The molecule has 2 aromatic carbocycles. The van der Waals surface area contributed by atoms with Crippen molar-refractivity contribution < 1.29 is 13.6 Å². The van der Waals surface area contributed by atoms with E-state index in [0.29, 0.717) is 18.5 Å². The van der Waals surface area contributed by atoms with E-state index in [9.17, 15) is 4.57 Å². The molecule has 0 radical (unpaired) electrons. The van der Waals surface area contributed by atoms with Gasteiger partial charge < -0.3 is 9.05 Å². The van der Waals surface area contributed by atoms with Crippen molar-refractivity contribution in [1.29, 1.82) is 0 Å². The highest BCUT2D eigenvalue weighted by molar-refractivity contribution is 7.62. The third kappa shape index (κ3) is 4.17. The summed E-state index contributed by atoms with van der Waals surface area (Å²) in [5, 5.41) is 0.603. The van der Waals surface area contributed by atoms with Crippen LogP contribution in [0.25, 0.3) is 12.2 Å². The van der Waals surface area contributed by atoms with Crippen LogP contribution in [0, 0.1) is 0 Å². The molecule has 0 unspecified atom stereocenters. The monoisotopic (exact) mass is 316 g/mol. The van der Waals surface area contributed by atoms with Crippen molar-refractivity contribution in [1.82, 2.24) is 0 Å². The molecule has 0 aliphatic rings. The van der Waals surface area contributed by atoms with E-state index in [4.69, 9.17) is 9.05 Å². The van der Waals surface area contributed by atoms with Gasteiger partial charge in [0.15, 0.2) is 0 Å². The largest absolute Gasteiger partial charge is 0.361 e. The summed E-state index contributed by atoms with van der Waals surface area (Å²) in [5.74, 6) is 0. The summed E-state index contributed by atoms with van der Waals surface area (Å²) in [5.41, 5.74) is 1.93. The average Bonchev–Trinajstić information content (AvgIpc) is 2.55. The Hall–Kier alpha value is -1.67. The molecule has 0 aliphatic heterocycles. The highest BCUT2D eigenvalue weighted by atomic mass is 31.2. The Balaban J connectivity index is 2.37. The highest BCUT2D eigenvalue weighted by Gasteiger charge is 2.28. The zero-order valence-electron chi connectivity index (χ0n) is 12.9. The SMILES string of the molecule is CCOP(=O)(OCC)c1ccccc1/C=C/c1ccccc1. The third-order valence-corrected chi connectivity index (χ3v) is 5.28. The van der Waals surface area contributed by atoms with Gasteiger partial charge in [0, 0.05) is 0 Å². The Bertz CT molecular complexity index is 655. The van der Waals surface area contributed by atoms with Crippen molar-refractivity contribution in [3.63, 3.8) is 0 Å². The summed E-state index contributed by atoms with van der Waals surface area (Å²) in [6.07, 6.45) is 3.93. The minimum Gasteiger partial charge on any atom is -0.305 e. The van der Waals surface area contributed by atoms with Crippen molar-refractivity contribution in [2.45, 2.75) is 13.8 Å². The molecule has 0 aromatic heterocycles. The summed E-state index contributed by atoms with van der Waals surface area (Å²) in [7, 11) is -3.28. The van der Waals surface area contributed by atoms with Gasteiger partial charge in [-0.05, 0) is 31.0 Å². The predicted molar refractivity (Wildman–Crippen MR) is 92.3 cm³/mol.